The minimum absolute atomic E-state index is 0.219. The third kappa shape index (κ3) is 4.92. The van der Waals surface area contributed by atoms with Crippen molar-refractivity contribution >= 4 is 45.7 Å². The summed E-state index contributed by atoms with van der Waals surface area (Å²) in [4.78, 5) is 21.6. The number of hydrogen-bond acceptors (Lipinski definition) is 8. The minimum Gasteiger partial charge on any atom is -0.370 e. The lowest BCUT2D eigenvalue weighted by Gasteiger charge is -2.08. The Bertz CT molecular complexity index is 1150. The highest BCUT2D eigenvalue weighted by atomic mass is 32.2. The van der Waals surface area contributed by atoms with Gasteiger partial charge in [-0.05, 0) is 24.6 Å². The number of fused-ring (bicyclic) bond motifs is 1. The molecule has 0 atom stereocenters. The highest BCUT2D eigenvalue weighted by Gasteiger charge is 2.14. The van der Waals surface area contributed by atoms with Gasteiger partial charge >= 0.3 is 0 Å². The molecule has 4 rings (SSSR count). The van der Waals surface area contributed by atoms with Crippen molar-refractivity contribution in [3.8, 4) is 0 Å². The molecule has 0 radical (unpaired) electrons. The van der Waals surface area contributed by atoms with Crippen LogP contribution in [0.1, 0.15) is 27.3 Å². The number of thioether (sulfide) groups is 1. The summed E-state index contributed by atoms with van der Waals surface area (Å²) >= 11 is 2.76. The first kappa shape index (κ1) is 20.2. The summed E-state index contributed by atoms with van der Waals surface area (Å²) in [6.45, 7) is 3.28. The molecule has 2 aromatic heterocycles. The zero-order valence-electron chi connectivity index (χ0n) is 16.3. The van der Waals surface area contributed by atoms with Crippen LogP contribution in [0.25, 0.3) is 10.9 Å². The van der Waals surface area contributed by atoms with Crippen molar-refractivity contribution in [1.29, 1.82) is 0 Å². The van der Waals surface area contributed by atoms with Crippen molar-refractivity contribution in [1.82, 2.24) is 25.5 Å². The molecule has 9 heteroatoms. The van der Waals surface area contributed by atoms with Crippen molar-refractivity contribution in [2.45, 2.75) is 24.4 Å². The molecule has 2 N–H and O–H groups in total. The van der Waals surface area contributed by atoms with Crippen LogP contribution in [-0.2, 0) is 12.3 Å². The highest BCUT2D eigenvalue weighted by Crippen LogP contribution is 2.27. The fourth-order valence-electron chi connectivity index (χ4n) is 2.81. The van der Waals surface area contributed by atoms with Gasteiger partial charge in [-0.25, -0.2) is 9.97 Å². The number of carbonyl (C=O) groups is 1. The zero-order valence-corrected chi connectivity index (χ0v) is 18.0. The number of carbonyl (C=O) groups excluding carboxylic acids is 1. The number of anilines is 1. The van der Waals surface area contributed by atoms with Gasteiger partial charge in [0, 0.05) is 18.5 Å². The number of aromatic nitrogens is 4. The first-order valence-corrected chi connectivity index (χ1v) is 11.3. The maximum absolute atomic E-state index is 12.3. The molecule has 0 saturated heterocycles. The van der Waals surface area contributed by atoms with E-state index in [0.717, 1.165) is 33.8 Å². The predicted molar refractivity (Wildman–Crippen MR) is 121 cm³/mol. The molecule has 0 saturated carbocycles. The summed E-state index contributed by atoms with van der Waals surface area (Å²) in [5.74, 6) is 1.15. The van der Waals surface area contributed by atoms with Gasteiger partial charge in [-0.1, -0.05) is 65.6 Å². The molecule has 7 nitrogen and oxygen atoms in total. The molecule has 0 aliphatic rings. The van der Waals surface area contributed by atoms with E-state index in [0.29, 0.717) is 22.5 Å². The molecule has 4 aromatic rings. The van der Waals surface area contributed by atoms with Gasteiger partial charge in [0.1, 0.15) is 10.8 Å². The van der Waals surface area contributed by atoms with Crippen molar-refractivity contribution in [2.75, 3.05) is 11.9 Å². The molecule has 0 spiro atoms. The SMILES string of the molecule is CCNc1nc(SCc2nnc(C(=O)NCc3ccccc3)s2)nc2ccccc12. The lowest BCUT2D eigenvalue weighted by molar-refractivity contribution is 0.0950. The van der Waals surface area contributed by atoms with Gasteiger partial charge < -0.3 is 10.6 Å². The highest BCUT2D eigenvalue weighted by molar-refractivity contribution is 7.98. The first-order valence-electron chi connectivity index (χ1n) is 9.51. The number of nitrogens with one attached hydrogen (secondary N) is 2. The smallest absolute Gasteiger partial charge is 0.282 e. The molecule has 0 bridgehead atoms. The van der Waals surface area contributed by atoms with Crippen LogP contribution in [0.2, 0.25) is 0 Å². The molecular formula is C21H20N6OS2. The quantitative estimate of drug-likeness (QED) is 0.317. The average molecular weight is 437 g/mol. The lowest BCUT2D eigenvalue weighted by Crippen LogP contribution is -2.22. The van der Waals surface area contributed by atoms with Crippen molar-refractivity contribution in [3.05, 3.63) is 70.2 Å². The molecule has 0 aliphatic carbocycles. The van der Waals surface area contributed by atoms with E-state index in [1.807, 2.05) is 61.5 Å². The Morgan fingerprint density at radius 3 is 2.67 bits per heavy atom. The monoisotopic (exact) mass is 436 g/mol. The van der Waals surface area contributed by atoms with Crippen LogP contribution in [0, 0.1) is 0 Å². The second-order valence-corrected chi connectivity index (χ2v) is 8.36. The lowest BCUT2D eigenvalue weighted by atomic mass is 10.2. The normalized spacial score (nSPS) is 10.8. The minimum atomic E-state index is -0.219. The molecule has 1 amide bonds. The molecule has 2 aromatic carbocycles. The molecule has 152 valence electrons. The first-order chi connectivity index (χ1) is 14.7. The topological polar surface area (TPSA) is 92.7 Å². The van der Waals surface area contributed by atoms with Crippen molar-refractivity contribution in [2.24, 2.45) is 0 Å². The van der Waals surface area contributed by atoms with Crippen LogP contribution in [0.5, 0.6) is 0 Å². The number of hydrogen-bond donors (Lipinski definition) is 2. The third-order valence-corrected chi connectivity index (χ3v) is 6.17. The summed E-state index contributed by atoms with van der Waals surface area (Å²) in [6, 6.07) is 17.7. The van der Waals surface area contributed by atoms with Gasteiger partial charge in [0.2, 0.25) is 5.01 Å². The van der Waals surface area contributed by atoms with Crippen molar-refractivity contribution < 1.29 is 4.79 Å². The Labute approximate surface area is 182 Å². The van der Waals surface area contributed by atoms with Gasteiger partial charge in [-0.15, -0.1) is 10.2 Å². The third-order valence-electron chi connectivity index (χ3n) is 4.21. The molecule has 2 heterocycles. The molecule has 0 aliphatic heterocycles. The van der Waals surface area contributed by atoms with E-state index in [1.165, 1.54) is 23.1 Å². The largest absolute Gasteiger partial charge is 0.370 e. The Morgan fingerprint density at radius 1 is 1.03 bits per heavy atom. The van der Waals surface area contributed by atoms with Crippen LogP contribution in [0.3, 0.4) is 0 Å². The number of nitrogens with zero attached hydrogens (tertiary/aromatic N) is 4. The summed E-state index contributed by atoms with van der Waals surface area (Å²) in [5, 5.41) is 17.1. The average Bonchev–Trinajstić information content (AvgIpc) is 3.26. The van der Waals surface area contributed by atoms with Gasteiger partial charge in [-0.3, -0.25) is 4.79 Å². The molecule has 0 unspecified atom stereocenters. The number of benzene rings is 2. The van der Waals surface area contributed by atoms with E-state index in [-0.39, 0.29) is 5.91 Å². The van der Waals surface area contributed by atoms with Gasteiger partial charge in [-0.2, -0.15) is 0 Å². The standard InChI is InChI=1S/C21H20N6OS2/c1-2-22-18-15-10-6-7-11-16(15)24-21(25-18)29-13-17-26-27-20(30-17)19(28)23-12-14-8-4-3-5-9-14/h3-11H,2,12-13H2,1H3,(H,23,28)(H,22,24,25). The summed E-state index contributed by atoms with van der Waals surface area (Å²) in [7, 11) is 0. The predicted octanol–water partition coefficient (Wildman–Crippen LogP) is 4.14. The number of rotatable bonds is 8. The van der Waals surface area contributed by atoms with Gasteiger partial charge in [0.15, 0.2) is 5.16 Å². The number of para-hydroxylation sites is 1. The van der Waals surface area contributed by atoms with E-state index in [1.54, 1.807) is 0 Å². The van der Waals surface area contributed by atoms with Crippen LogP contribution >= 0.6 is 23.1 Å². The second-order valence-electron chi connectivity index (χ2n) is 6.36. The molecule has 30 heavy (non-hydrogen) atoms. The van der Waals surface area contributed by atoms with Crippen LogP contribution < -0.4 is 10.6 Å². The Morgan fingerprint density at radius 2 is 1.83 bits per heavy atom. The Hall–Kier alpha value is -3.04. The van der Waals surface area contributed by atoms with Crippen molar-refractivity contribution in [3.63, 3.8) is 0 Å². The molecule has 0 fully saturated rings. The van der Waals surface area contributed by atoms with Gasteiger partial charge in [0.25, 0.3) is 5.91 Å². The van der Waals surface area contributed by atoms with E-state index in [9.17, 15) is 4.79 Å². The summed E-state index contributed by atoms with van der Waals surface area (Å²) < 4.78 is 0. The van der Waals surface area contributed by atoms with Crippen LogP contribution in [-0.4, -0.2) is 32.6 Å². The Kier molecular flexibility index (Phi) is 6.50. The van der Waals surface area contributed by atoms with E-state index >= 15 is 0 Å². The van der Waals surface area contributed by atoms with E-state index in [4.69, 9.17) is 0 Å². The summed E-state index contributed by atoms with van der Waals surface area (Å²) in [5.41, 5.74) is 1.93. The fourth-order valence-corrected chi connectivity index (χ4v) is 4.40. The van der Waals surface area contributed by atoms with Crippen LogP contribution in [0.4, 0.5) is 5.82 Å². The van der Waals surface area contributed by atoms with E-state index < -0.39 is 0 Å². The maximum Gasteiger partial charge on any atom is 0.282 e. The maximum atomic E-state index is 12.3. The Balaban J connectivity index is 1.40. The van der Waals surface area contributed by atoms with Crippen LogP contribution in [0.15, 0.2) is 59.8 Å². The molecular weight excluding hydrogens is 416 g/mol. The summed E-state index contributed by atoms with van der Waals surface area (Å²) in [6.07, 6.45) is 0. The van der Waals surface area contributed by atoms with Gasteiger partial charge in [0.05, 0.1) is 11.3 Å². The van der Waals surface area contributed by atoms with E-state index in [2.05, 4.69) is 30.8 Å². The second kappa shape index (κ2) is 9.64. The zero-order chi connectivity index (χ0) is 20.8. The fraction of sp³-hybridized carbons (Fsp3) is 0.190. The number of amides is 1.